The highest BCUT2D eigenvalue weighted by Crippen LogP contribution is 2.38. The molecular formula is C20H24N4O2. The minimum Gasteiger partial charge on any atom is -0.497 e. The van der Waals surface area contributed by atoms with Crippen molar-refractivity contribution in [1.29, 1.82) is 0 Å². The molecular weight excluding hydrogens is 328 g/mol. The van der Waals surface area contributed by atoms with Crippen molar-refractivity contribution < 1.29 is 9.53 Å². The number of rotatable bonds is 5. The minimum absolute atomic E-state index is 0.213. The largest absolute Gasteiger partial charge is 0.497 e. The van der Waals surface area contributed by atoms with Crippen LogP contribution in [0, 0.1) is 0 Å². The number of benzene rings is 2. The Labute approximate surface area is 152 Å². The molecule has 2 aromatic carbocycles. The second-order valence-electron chi connectivity index (χ2n) is 5.95. The Morgan fingerprint density at radius 3 is 2.50 bits per heavy atom. The fourth-order valence-electron chi connectivity index (χ4n) is 3.17. The number of aryl methyl sites for hydroxylation is 1. The zero-order valence-electron chi connectivity index (χ0n) is 15.3. The van der Waals surface area contributed by atoms with Gasteiger partial charge in [-0.25, -0.2) is 4.79 Å². The molecule has 0 saturated heterocycles. The Hall–Kier alpha value is -3.15. The average molecular weight is 352 g/mol. The summed E-state index contributed by atoms with van der Waals surface area (Å²) < 4.78 is 7.52. The molecule has 0 saturated carbocycles. The molecule has 0 atom stereocenters. The first-order valence-corrected chi connectivity index (χ1v) is 8.70. The third-order valence-corrected chi connectivity index (χ3v) is 4.38. The fraction of sp³-hybridized carbons (Fsp3) is 0.250. The third kappa shape index (κ3) is 3.18. The predicted molar refractivity (Wildman–Crippen MR) is 107 cm³/mol. The number of methoxy groups -OCH3 is 1. The molecule has 136 valence electrons. The number of anilines is 2. The maximum Gasteiger partial charge on any atom is 0.319 e. The Kier molecular flexibility index (Phi) is 5.02. The van der Waals surface area contributed by atoms with Gasteiger partial charge in [0.1, 0.15) is 5.75 Å². The number of nitrogens with zero attached hydrogens (tertiary/aromatic N) is 1. The molecule has 2 amide bonds. The Morgan fingerprint density at radius 1 is 1.15 bits per heavy atom. The number of hydrogen-bond acceptors (Lipinski definition) is 3. The van der Waals surface area contributed by atoms with Gasteiger partial charge in [-0.1, -0.05) is 12.1 Å². The third-order valence-electron chi connectivity index (χ3n) is 4.38. The summed E-state index contributed by atoms with van der Waals surface area (Å²) in [6.07, 6.45) is 0. The number of amides is 2. The highest BCUT2D eigenvalue weighted by Gasteiger charge is 2.16. The van der Waals surface area contributed by atoms with E-state index in [1.165, 1.54) is 0 Å². The van der Waals surface area contributed by atoms with E-state index >= 15 is 0 Å². The van der Waals surface area contributed by atoms with Crippen molar-refractivity contribution in [3.8, 4) is 17.0 Å². The maximum atomic E-state index is 11.6. The molecule has 0 aliphatic rings. The topological polar surface area (TPSA) is 81.3 Å². The molecule has 0 radical (unpaired) electrons. The molecule has 0 aliphatic heterocycles. The summed E-state index contributed by atoms with van der Waals surface area (Å²) in [6, 6.07) is 13.4. The summed E-state index contributed by atoms with van der Waals surface area (Å²) >= 11 is 0. The van der Waals surface area contributed by atoms with Crippen LogP contribution in [-0.4, -0.2) is 24.3 Å². The zero-order chi connectivity index (χ0) is 18.7. The lowest BCUT2D eigenvalue weighted by Crippen LogP contribution is -2.28. The number of ether oxygens (including phenoxy) is 1. The summed E-state index contributed by atoms with van der Waals surface area (Å²) in [4.78, 5) is 11.6. The van der Waals surface area contributed by atoms with Gasteiger partial charge >= 0.3 is 6.03 Å². The van der Waals surface area contributed by atoms with Crippen LogP contribution in [0.3, 0.4) is 0 Å². The standard InChI is InChI=1S/C20H24N4O2/c1-4-22-20(25)23-14-8-6-13(7-9-14)19-18(21)16-12-15(26-3)10-11-17(16)24(19)5-2/h6-12H,4-5,21H2,1-3H3,(H2,22,23,25). The maximum absolute atomic E-state index is 11.6. The van der Waals surface area contributed by atoms with Gasteiger partial charge in [0.05, 0.1) is 24.0 Å². The van der Waals surface area contributed by atoms with Crippen LogP contribution in [0.15, 0.2) is 42.5 Å². The van der Waals surface area contributed by atoms with Gasteiger partial charge in [-0.05, 0) is 44.2 Å². The Bertz CT molecular complexity index is 929. The second kappa shape index (κ2) is 7.39. The number of aromatic nitrogens is 1. The average Bonchev–Trinajstić information content (AvgIpc) is 2.94. The zero-order valence-corrected chi connectivity index (χ0v) is 15.3. The van der Waals surface area contributed by atoms with Crippen LogP contribution < -0.4 is 21.1 Å². The van der Waals surface area contributed by atoms with Gasteiger partial charge in [-0.2, -0.15) is 0 Å². The van der Waals surface area contributed by atoms with Gasteiger partial charge < -0.3 is 25.7 Å². The number of hydrogen-bond donors (Lipinski definition) is 3. The van der Waals surface area contributed by atoms with E-state index in [0.717, 1.165) is 45.8 Å². The minimum atomic E-state index is -0.213. The van der Waals surface area contributed by atoms with E-state index < -0.39 is 0 Å². The van der Waals surface area contributed by atoms with E-state index in [9.17, 15) is 4.79 Å². The van der Waals surface area contributed by atoms with Gasteiger partial charge in [-0.15, -0.1) is 0 Å². The van der Waals surface area contributed by atoms with Crippen molar-refractivity contribution in [2.24, 2.45) is 0 Å². The first-order valence-electron chi connectivity index (χ1n) is 8.70. The number of nitrogen functional groups attached to an aromatic ring is 1. The highest BCUT2D eigenvalue weighted by molar-refractivity contribution is 6.01. The molecule has 0 aliphatic carbocycles. The number of urea groups is 1. The van der Waals surface area contributed by atoms with E-state index in [-0.39, 0.29) is 6.03 Å². The lowest BCUT2D eigenvalue weighted by Gasteiger charge is -2.11. The van der Waals surface area contributed by atoms with Gasteiger partial charge in [0.2, 0.25) is 0 Å². The summed E-state index contributed by atoms with van der Waals surface area (Å²) in [5.41, 5.74) is 11.0. The summed E-state index contributed by atoms with van der Waals surface area (Å²) in [6.45, 7) is 5.36. The molecule has 3 rings (SSSR count). The molecule has 3 aromatic rings. The molecule has 6 nitrogen and oxygen atoms in total. The van der Waals surface area contributed by atoms with Crippen LogP contribution in [0.1, 0.15) is 13.8 Å². The number of nitrogens with two attached hydrogens (primary N) is 1. The normalized spacial score (nSPS) is 10.7. The van der Waals surface area contributed by atoms with Crippen molar-refractivity contribution in [3.05, 3.63) is 42.5 Å². The van der Waals surface area contributed by atoms with Crippen LogP contribution in [0.25, 0.3) is 22.2 Å². The van der Waals surface area contributed by atoms with Crippen molar-refractivity contribution in [2.45, 2.75) is 20.4 Å². The number of fused-ring (bicyclic) bond motifs is 1. The van der Waals surface area contributed by atoms with Crippen LogP contribution in [0.2, 0.25) is 0 Å². The number of carbonyl (C=O) groups is 1. The quantitative estimate of drug-likeness (QED) is 0.648. The Balaban J connectivity index is 2.02. The van der Waals surface area contributed by atoms with Crippen LogP contribution >= 0.6 is 0 Å². The van der Waals surface area contributed by atoms with Gasteiger partial charge in [0.25, 0.3) is 0 Å². The molecule has 0 spiro atoms. The van der Waals surface area contributed by atoms with Crippen molar-refractivity contribution >= 4 is 28.3 Å². The molecule has 0 fully saturated rings. The SMILES string of the molecule is CCNC(=O)Nc1ccc(-c2c(N)c3cc(OC)ccc3n2CC)cc1. The first-order chi connectivity index (χ1) is 12.6. The predicted octanol–water partition coefficient (Wildman–Crippen LogP) is 4.06. The second-order valence-corrected chi connectivity index (χ2v) is 5.95. The lowest BCUT2D eigenvalue weighted by atomic mass is 10.1. The summed E-state index contributed by atoms with van der Waals surface area (Å²) in [5, 5.41) is 6.49. The smallest absolute Gasteiger partial charge is 0.319 e. The molecule has 0 unspecified atom stereocenters. The highest BCUT2D eigenvalue weighted by atomic mass is 16.5. The molecule has 0 bridgehead atoms. The molecule has 1 aromatic heterocycles. The Morgan fingerprint density at radius 2 is 1.88 bits per heavy atom. The summed E-state index contributed by atoms with van der Waals surface area (Å²) in [5.74, 6) is 0.783. The van der Waals surface area contributed by atoms with Crippen molar-refractivity contribution in [3.63, 3.8) is 0 Å². The number of carbonyl (C=O) groups excluding carboxylic acids is 1. The van der Waals surface area contributed by atoms with E-state index in [1.54, 1.807) is 7.11 Å². The van der Waals surface area contributed by atoms with Crippen molar-refractivity contribution in [2.75, 3.05) is 24.7 Å². The van der Waals surface area contributed by atoms with E-state index in [2.05, 4.69) is 22.1 Å². The van der Waals surface area contributed by atoms with Gasteiger partial charge in [-0.3, -0.25) is 0 Å². The van der Waals surface area contributed by atoms with Crippen LogP contribution in [-0.2, 0) is 6.54 Å². The summed E-state index contributed by atoms with van der Waals surface area (Å²) in [7, 11) is 1.65. The number of nitrogens with one attached hydrogen (secondary N) is 2. The molecule has 26 heavy (non-hydrogen) atoms. The molecule has 4 N–H and O–H groups in total. The van der Waals surface area contributed by atoms with E-state index in [4.69, 9.17) is 10.5 Å². The molecule has 1 heterocycles. The van der Waals surface area contributed by atoms with E-state index in [1.807, 2.05) is 49.4 Å². The van der Waals surface area contributed by atoms with Crippen LogP contribution in [0.5, 0.6) is 5.75 Å². The first kappa shape index (κ1) is 17.7. The van der Waals surface area contributed by atoms with Crippen LogP contribution in [0.4, 0.5) is 16.2 Å². The van der Waals surface area contributed by atoms with Gasteiger partial charge in [0, 0.05) is 29.7 Å². The van der Waals surface area contributed by atoms with E-state index in [0.29, 0.717) is 6.54 Å². The lowest BCUT2D eigenvalue weighted by molar-refractivity contribution is 0.252. The van der Waals surface area contributed by atoms with Gasteiger partial charge in [0.15, 0.2) is 0 Å². The monoisotopic (exact) mass is 352 g/mol. The fourth-order valence-corrected chi connectivity index (χ4v) is 3.17. The van der Waals surface area contributed by atoms with Crippen molar-refractivity contribution in [1.82, 2.24) is 9.88 Å². The molecule has 6 heteroatoms.